The first-order valence-corrected chi connectivity index (χ1v) is 7.40. The molecular formula is C20H20Cl4N4-4. The summed E-state index contributed by atoms with van der Waals surface area (Å²) in [6, 6.07) is 22.9. The Morgan fingerprint density at radius 1 is 0.214 bits per heavy atom. The van der Waals surface area contributed by atoms with Gasteiger partial charge in [0, 0.05) is 49.6 Å². The highest BCUT2D eigenvalue weighted by atomic mass is 35.5. The zero-order valence-electron chi connectivity index (χ0n) is 14.8. The summed E-state index contributed by atoms with van der Waals surface area (Å²) in [6.07, 6.45) is 14.0. The molecule has 0 aliphatic heterocycles. The first-order chi connectivity index (χ1) is 12.0. The fourth-order valence-electron chi connectivity index (χ4n) is 1.25. The molecule has 0 amide bonds. The average molecular weight is 458 g/mol. The van der Waals surface area contributed by atoms with Gasteiger partial charge in [0.15, 0.2) is 0 Å². The fraction of sp³-hybridized carbons (Fsp3) is 0. The Kier molecular flexibility index (Phi) is 35.2. The van der Waals surface area contributed by atoms with Gasteiger partial charge in [-0.15, -0.1) is 0 Å². The van der Waals surface area contributed by atoms with Crippen molar-refractivity contribution in [2.24, 2.45) is 0 Å². The van der Waals surface area contributed by atoms with Gasteiger partial charge in [-0.25, -0.2) is 0 Å². The van der Waals surface area contributed by atoms with E-state index in [0.717, 1.165) is 0 Å². The molecule has 0 spiro atoms. The molecule has 0 radical (unpaired) electrons. The lowest BCUT2D eigenvalue weighted by Gasteiger charge is -1.70. The van der Waals surface area contributed by atoms with E-state index >= 15 is 0 Å². The topological polar surface area (TPSA) is 51.6 Å². The summed E-state index contributed by atoms with van der Waals surface area (Å²) in [5, 5.41) is 0. The molecule has 0 bridgehead atoms. The van der Waals surface area contributed by atoms with Gasteiger partial charge in [0.2, 0.25) is 0 Å². The Morgan fingerprint density at radius 3 is 0.393 bits per heavy atom. The second-order valence-electron chi connectivity index (χ2n) is 4.10. The zero-order chi connectivity index (χ0) is 17.0. The highest BCUT2D eigenvalue weighted by molar-refractivity contribution is 4.89. The molecule has 0 saturated carbocycles. The third-order valence-electron chi connectivity index (χ3n) is 2.27. The molecule has 4 aromatic rings. The predicted molar refractivity (Wildman–Crippen MR) is 96.9 cm³/mol. The van der Waals surface area contributed by atoms with Crippen LogP contribution in [0.25, 0.3) is 0 Å². The van der Waals surface area contributed by atoms with Crippen LogP contribution < -0.4 is 49.6 Å². The molecule has 0 aliphatic carbocycles. The van der Waals surface area contributed by atoms with E-state index in [4.69, 9.17) is 0 Å². The van der Waals surface area contributed by atoms with E-state index in [1.165, 1.54) is 0 Å². The Bertz CT molecular complexity index is 446. The number of rotatable bonds is 0. The van der Waals surface area contributed by atoms with Crippen molar-refractivity contribution in [2.45, 2.75) is 0 Å². The van der Waals surface area contributed by atoms with Crippen LogP contribution in [0.3, 0.4) is 0 Å². The Labute approximate surface area is 191 Å². The Hall–Kier alpha value is -2.24. The minimum Gasteiger partial charge on any atom is -1.00 e. The first-order valence-electron chi connectivity index (χ1n) is 7.40. The average Bonchev–Trinajstić information content (AvgIpc) is 2.75. The van der Waals surface area contributed by atoms with Gasteiger partial charge in [0.25, 0.3) is 0 Å². The third-order valence-corrected chi connectivity index (χ3v) is 2.27. The van der Waals surface area contributed by atoms with Crippen molar-refractivity contribution < 1.29 is 49.6 Å². The van der Waals surface area contributed by atoms with Gasteiger partial charge < -0.3 is 49.6 Å². The molecule has 152 valence electrons. The van der Waals surface area contributed by atoms with Gasteiger partial charge in [-0.3, -0.25) is 19.9 Å². The van der Waals surface area contributed by atoms with Crippen LogP contribution in [0.2, 0.25) is 0 Å². The van der Waals surface area contributed by atoms with E-state index in [0.29, 0.717) is 0 Å². The van der Waals surface area contributed by atoms with Gasteiger partial charge in [-0.05, 0) is 48.5 Å². The molecule has 0 aromatic carbocycles. The van der Waals surface area contributed by atoms with Crippen molar-refractivity contribution >= 4 is 0 Å². The van der Waals surface area contributed by atoms with Crippen LogP contribution in [-0.2, 0) is 0 Å². The van der Waals surface area contributed by atoms with Gasteiger partial charge in [-0.1, -0.05) is 24.3 Å². The molecule has 0 aliphatic rings. The van der Waals surface area contributed by atoms with Gasteiger partial charge >= 0.3 is 0 Å². The summed E-state index contributed by atoms with van der Waals surface area (Å²) in [7, 11) is 0. The smallest absolute Gasteiger partial charge is 0.0267 e. The number of hydrogen-bond acceptors (Lipinski definition) is 4. The van der Waals surface area contributed by atoms with E-state index in [2.05, 4.69) is 19.9 Å². The fourth-order valence-corrected chi connectivity index (χ4v) is 1.25. The van der Waals surface area contributed by atoms with Crippen molar-refractivity contribution in [1.29, 1.82) is 0 Å². The first kappa shape index (κ1) is 33.4. The lowest BCUT2D eigenvalue weighted by Crippen LogP contribution is -3.00. The highest BCUT2D eigenvalue weighted by Crippen LogP contribution is 1.75. The van der Waals surface area contributed by atoms with Gasteiger partial charge in [0.05, 0.1) is 0 Å². The lowest BCUT2D eigenvalue weighted by atomic mass is 10.5. The van der Waals surface area contributed by atoms with Crippen LogP contribution in [0, 0.1) is 0 Å². The van der Waals surface area contributed by atoms with Crippen molar-refractivity contribution in [2.75, 3.05) is 0 Å². The summed E-state index contributed by atoms with van der Waals surface area (Å²) >= 11 is 0. The highest BCUT2D eigenvalue weighted by Gasteiger charge is 1.60. The molecule has 0 N–H and O–H groups in total. The molecule has 4 nitrogen and oxygen atoms in total. The van der Waals surface area contributed by atoms with Crippen molar-refractivity contribution in [3.05, 3.63) is 122 Å². The molecule has 0 saturated heterocycles. The molecule has 4 rings (SSSR count). The van der Waals surface area contributed by atoms with Crippen LogP contribution in [0.5, 0.6) is 0 Å². The van der Waals surface area contributed by atoms with Crippen molar-refractivity contribution in [3.63, 3.8) is 0 Å². The van der Waals surface area contributed by atoms with E-state index in [9.17, 15) is 0 Å². The standard InChI is InChI=1S/4C5H5N.4ClH/c4*1-2-4-6-5-3-1;;;;/h4*1-5H;4*1H/p-4. The van der Waals surface area contributed by atoms with E-state index in [-0.39, 0.29) is 49.6 Å². The quantitative estimate of drug-likeness (QED) is 0.263. The predicted octanol–water partition coefficient (Wildman–Crippen LogP) is -7.66. The maximum atomic E-state index is 3.78. The van der Waals surface area contributed by atoms with E-state index in [1.54, 1.807) is 49.6 Å². The monoisotopic (exact) mass is 456 g/mol. The molecule has 0 fully saturated rings. The third kappa shape index (κ3) is 26.0. The second kappa shape index (κ2) is 29.5. The minimum atomic E-state index is 0. The van der Waals surface area contributed by atoms with Crippen LogP contribution in [0.4, 0.5) is 0 Å². The lowest BCUT2D eigenvalue weighted by molar-refractivity contribution is -0.00100. The van der Waals surface area contributed by atoms with E-state index in [1.807, 2.05) is 72.8 Å². The zero-order valence-corrected chi connectivity index (χ0v) is 17.9. The van der Waals surface area contributed by atoms with Crippen molar-refractivity contribution in [3.8, 4) is 0 Å². The maximum Gasteiger partial charge on any atom is 0.0267 e. The maximum absolute atomic E-state index is 3.78. The van der Waals surface area contributed by atoms with Crippen LogP contribution in [0.15, 0.2) is 122 Å². The number of halogens is 4. The molecule has 28 heavy (non-hydrogen) atoms. The number of pyridine rings is 4. The summed E-state index contributed by atoms with van der Waals surface area (Å²) < 4.78 is 0. The number of aromatic nitrogens is 4. The molecule has 4 aromatic heterocycles. The van der Waals surface area contributed by atoms with Gasteiger partial charge in [-0.2, -0.15) is 0 Å². The summed E-state index contributed by atoms with van der Waals surface area (Å²) in [6.45, 7) is 0. The Morgan fingerprint density at radius 2 is 0.357 bits per heavy atom. The van der Waals surface area contributed by atoms with Crippen molar-refractivity contribution in [1.82, 2.24) is 19.9 Å². The Balaban J connectivity index is -0.000000131. The summed E-state index contributed by atoms with van der Waals surface area (Å²) in [5.74, 6) is 0. The molecule has 0 unspecified atom stereocenters. The summed E-state index contributed by atoms with van der Waals surface area (Å²) in [4.78, 5) is 15.1. The summed E-state index contributed by atoms with van der Waals surface area (Å²) in [5.41, 5.74) is 0. The second-order valence-corrected chi connectivity index (χ2v) is 4.10. The number of hydrogen-bond donors (Lipinski definition) is 0. The number of nitrogens with zero attached hydrogens (tertiary/aromatic N) is 4. The largest absolute Gasteiger partial charge is 1.00 e. The SMILES string of the molecule is [Cl-].[Cl-].[Cl-].[Cl-].c1ccncc1.c1ccncc1.c1ccncc1.c1ccncc1. The van der Waals surface area contributed by atoms with Crippen LogP contribution >= 0.6 is 0 Å². The van der Waals surface area contributed by atoms with Crippen LogP contribution in [-0.4, -0.2) is 19.9 Å². The normalized spacial score (nSPS) is 6.86. The van der Waals surface area contributed by atoms with Gasteiger partial charge in [0.1, 0.15) is 0 Å². The molecule has 8 heteroatoms. The van der Waals surface area contributed by atoms with E-state index < -0.39 is 0 Å². The molecule has 0 atom stereocenters. The van der Waals surface area contributed by atoms with Crippen LogP contribution in [0.1, 0.15) is 0 Å². The molecule has 4 heterocycles. The minimum absolute atomic E-state index is 0. The molecular weight excluding hydrogens is 438 g/mol.